The summed E-state index contributed by atoms with van der Waals surface area (Å²) in [5.41, 5.74) is -0.434. The molecule has 25 heavy (non-hydrogen) atoms. The molecule has 3 aliphatic heterocycles. The first-order chi connectivity index (χ1) is 12.0. The van der Waals surface area contributed by atoms with Crippen LogP contribution in [0.2, 0.25) is 0 Å². The van der Waals surface area contributed by atoms with Crippen molar-refractivity contribution in [2.75, 3.05) is 7.11 Å². The van der Waals surface area contributed by atoms with E-state index in [4.69, 9.17) is 14.2 Å². The highest BCUT2D eigenvalue weighted by atomic mass is 16.7. The Morgan fingerprint density at radius 1 is 1.00 bits per heavy atom. The van der Waals surface area contributed by atoms with Gasteiger partial charge in [0.15, 0.2) is 23.6 Å². The van der Waals surface area contributed by atoms with Crippen molar-refractivity contribution in [3.63, 3.8) is 0 Å². The number of fused-ring (bicyclic) bond motifs is 9. The number of rotatable bonds is 1. The average Bonchev–Trinajstić information content (AvgIpc) is 2.89. The van der Waals surface area contributed by atoms with Crippen LogP contribution in [0, 0.1) is 0 Å². The molecule has 2 bridgehead atoms. The Morgan fingerprint density at radius 3 is 2.36 bits per heavy atom. The van der Waals surface area contributed by atoms with Gasteiger partial charge >= 0.3 is 5.97 Å². The number of aliphatic hydroxyl groups is 1. The zero-order valence-corrected chi connectivity index (χ0v) is 13.3. The molecule has 5 rings (SSSR count). The van der Waals surface area contributed by atoms with Crippen LogP contribution >= 0.6 is 0 Å². The van der Waals surface area contributed by atoms with Gasteiger partial charge in [-0.1, -0.05) is 42.5 Å². The molecule has 6 heteroatoms. The summed E-state index contributed by atoms with van der Waals surface area (Å²) >= 11 is 0. The Kier molecular flexibility index (Phi) is 2.69. The van der Waals surface area contributed by atoms with Crippen molar-refractivity contribution in [2.45, 2.75) is 23.6 Å². The fraction of sp³-hybridized carbons (Fsp3) is 0.263. The molecule has 1 fully saturated rings. The second kappa shape index (κ2) is 4.54. The van der Waals surface area contributed by atoms with E-state index in [0.717, 1.165) is 0 Å². The van der Waals surface area contributed by atoms with Crippen LogP contribution in [0.4, 0.5) is 0 Å². The molecule has 1 N–H and O–H groups in total. The normalized spacial score (nSPS) is 34.8. The molecule has 0 unspecified atom stereocenters. The molecule has 126 valence electrons. The molecule has 0 radical (unpaired) electrons. The second-order valence-electron chi connectivity index (χ2n) is 6.41. The predicted molar refractivity (Wildman–Crippen MR) is 83.9 cm³/mol. The smallest absolute Gasteiger partial charge is 0.339 e. The molecule has 0 aliphatic carbocycles. The maximum atomic E-state index is 12.9. The molecule has 0 saturated carbocycles. The monoisotopic (exact) mass is 338 g/mol. The number of hydrogen-bond acceptors (Lipinski definition) is 6. The van der Waals surface area contributed by atoms with Gasteiger partial charge in [-0.2, -0.15) is 0 Å². The lowest BCUT2D eigenvalue weighted by molar-refractivity contribution is -0.297. The van der Waals surface area contributed by atoms with Gasteiger partial charge in [-0.05, 0) is 6.07 Å². The molecule has 0 amide bonds. The number of esters is 1. The Balaban J connectivity index is 1.89. The van der Waals surface area contributed by atoms with Crippen molar-refractivity contribution in [1.29, 1.82) is 0 Å². The third-order valence-corrected chi connectivity index (χ3v) is 5.37. The van der Waals surface area contributed by atoms with Crippen molar-refractivity contribution >= 4 is 11.8 Å². The first-order valence-electron chi connectivity index (χ1n) is 7.94. The molecular weight excluding hydrogens is 324 g/mol. The molecule has 6 nitrogen and oxygen atoms in total. The number of benzene rings is 2. The lowest BCUT2D eigenvalue weighted by atomic mass is 9.76. The van der Waals surface area contributed by atoms with Crippen molar-refractivity contribution in [3.05, 3.63) is 70.8 Å². The van der Waals surface area contributed by atoms with E-state index < -0.39 is 29.6 Å². The van der Waals surface area contributed by atoms with E-state index in [0.29, 0.717) is 16.7 Å². The summed E-state index contributed by atoms with van der Waals surface area (Å²) in [4.78, 5) is 25.3. The standard InChI is InChI=1S/C19H14O6/c1-23-19-13-9-5-2-6-10(13)14(20)15(25-19)16-18(19,22)12-8-4-3-7-11(12)17(21)24-16/h2-9,15-16,22H,1H3/t15-,16+,18-,19+/m1/s1. The average molecular weight is 338 g/mol. The summed E-state index contributed by atoms with van der Waals surface area (Å²) in [7, 11) is 1.41. The number of methoxy groups -OCH3 is 1. The summed E-state index contributed by atoms with van der Waals surface area (Å²) < 4.78 is 17.1. The third-order valence-electron chi connectivity index (χ3n) is 5.37. The number of hydrogen-bond donors (Lipinski definition) is 1. The van der Waals surface area contributed by atoms with Gasteiger partial charge in [0.05, 0.1) is 5.56 Å². The Morgan fingerprint density at radius 2 is 1.64 bits per heavy atom. The second-order valence-corrected chi connectivity index (χ2v) is 6.41. The summed E-state index contributed by atoms with van der Waals surface area (Å²) in [5, 5.41) is 11.8. The zero-order chi connectivity index (χ0) is 17.4. The maximum Gasteiger partial charge on any atom is 0.339 e. The molecule has 3 heterocycles. The molecule has 4 atom stereocenters. The van der Waals surface area contributed by atoms with Crippen LogP contribution < -0.4 is 0 Å². The molecule has 0 aromatic heterocycles. The van der Waals surface area contributed by atoms with E-state index >= 15 is 0 Å². The summed E-state index contributed by atoms with van der Waals surface area (Å²) in [5.74, 6) is -2.56. The molecule has 0 spiro atoms. The van der Waals surface area contributed by atoms with E-state index in [9.17, 15) is 14.7 Å². The highest BCUT2D eigenvalue weighted by Crippen LogP contribution is 2.60. The van der Waals surface area contributed by atoms with Gasteiger partial charge in [0.1, 0.15) is 0 Å². The van der Waals surface area contributed by atoms with Crippen molar-refractivity contribution in [3.8, 4) is 0 Å². The first kappa shape index (κ1) is 14.8. The fourth-order valence-corrected chi connectivity index (χ4v) is 4.30. The van der Waals surface area contributed by atoms with Crippen LogP contribution in [0.3, 0.4) is 0 Å². The predicted octanol–water partition coefficient (Wildman–Crippen LogP) is 1.51. The minimum absolute atomic E-state index is 0.235. The number of carbonyl (C=O) groups is 2. The third kappa shape index (κ3) is 1.47. The van der Waals surface area contributed by atoms with Gasteiger partial charge < -0.3 is 19.3 Å². The quantitative estimate of drug-likeness (QED) is 0.794. The van der Waals surface area contributed by atoms with E-state index in [-0.39, 0.29) is 11.3 Å². The topological polar surface area (TPSA) is 82.1 Å². The molecular formula is C19H14O6. The van der Waals surface area contributed by atoms with Gasteiger partial charge in [0, 0.05) is 23.8 Å². The van der Waals surface area contributed by atoms with Gasteiger partial charge in [-0.3, -0.25) is 4.79 Å². The number of ketones is 1. The SMILES string of the molecule is CO[C@]12O[C@H](C(=O)c3ccccc31)[C@@H]1OC(=O)c3ccccc3[C@@]12O. The van der Waals surface area contributed by atoms with E-state index in [2.05, 4.69) is 0 Å². The first-order valence-corrected chi connectivity index (χ1v) is 7.94. The van der Waals surface area contributed by atoms with Gasteiger partial charge in [0.2, 0.25) is 5.79 Å². The Bertz CT molecular complexity index is 937. The Labute approximate surface area is 142 Å². The van der Waals surface area contributed by atoms with Crippen LogP contribution in [0.1, 0.15) is 31.8 Å². The Hall–Kier alpha value is -2.54. The molecule has 1 saturated heterocycles. The summed E-state index contributed by atoms with van der Waals surface area (Å²) in [6, 6.07) is 13.4. The number of carbonyl (C=O) groups excluding carboxylic acids is 2. The van der Waals surface area contributed by atoms with Crippen LogP contribution in [0.15, 0.2) is 48.5 Å². The van der Waals surface area contributed by atoms with Crippen LogP contribution in [0.25, 0.3) is 0 Å². The van der Waals surface area contributed by atoms with Crippen molar-refractivity contribution < 1.29 is 28.9 Å². The van der Waals surface area contributed by atoms with Crippen LogP contribution in [0.5, 0.6) is 0 Å². The van der Waals surface area contributed by atoms with Crippen LogP contribution in [-0.4, -0.2) is 36.2 Å². The molecule has 3 aliphatic rings. The van der Waals surface area contributed by atoms with E-state index in [1.165, 1.54) is 7.11 Å². The molecule has 2 aromatic rings. The van der Waals surface area contributed by atoms with Gasteiger partial charge in [0.25, 0.3) is 0 Å². The lowest BCUT2D eigenvalue weighted by Gasteiger charge is -2.44. The zero-order valence-electron chi connectivity index (χ0n) is 13.3. The number of ether oxygens (including phenoxy) is 3. The largest absolute Gasteiger partial charge is 0.452 e. The summed E-state index contributed by atoms with van der Waals surface area (Å²) in [6.07, 6.45) is -2.31. The van der Waals surface area contributed by atoms with Crippen LogP contribution in [-0.2, 0) is 25.6 Å². The van der Waals surface area contributed by atoms with Crippen molar-refractivity contribution in [1.82, 2.24) is 0 Å². The molecule has 2 aromatic carbocycles. The van der Waals surface area contributed by atoms with E-state index in [1.54, 1.807) is 48.5 Å². The van der Waals surface area contributed by atoms with E-state index in [1.807, 2.05) is 0 Å². The minimum Gasteiger partial charge on any atom is -0.452 e. The minimum atomic E-state index is -1.83. The summed E-state index contributed by atoms with van der Waals surface area (Å²) in [6.45, 7) is 0. The number of Topliss-reactive ketones (excluding diaryl/α,β-unsaturated/α-hetero) is 1. The maximum absolute atomic E-state index is 12.9. The highest BCUT2D eigenvalue weighted by Gasteiger charge is 2.75. The highest BCUT2D eigenvalue weighted by molar-refractivity contribution is 6.04. The lowest BCUT2D eigenvalue weighted by Crippen LogP contribution is -2.56. The van der Waals surface area contributed by atoms with Gasteiger partial charge in [-0.15, -0.1) is 0 Å². The van der Waals surface area contributed by atoms with Gasteiger partial charge in [-0.25, -0.2) is 4.79 Å². The fourth-order valence-electron chi connectivity index (χ4n) is 4.30. The van der Waals surface area contributed by atoms with Crippen molar-refractivity contribution in [2.24, 2.45) is 0 Å².